The first-order chi connectivity index (χ1) is 16.3. The van der Waals surface area contributed by atoms with Crippen LogP contribution in [0, 0.1) is 5.92 Å². The number of carboxylic acid groups (broad SMARTS) is 1. The maximum Gasteiger partial charge on any atom is 0.326 e. The number of aromatic hydroxyl groups is 1. The standard InChI is InChI=1S/C22H33N5O7S/c1-11(2)7-16(22(33)34)26-20(31)15(8-12-3-5-13(28)6-4-12)25-21(32)17(10-35)27-19(30)14(23)9-18(24)29/h3-6,11,14-17,28,35H,7-10,23H2,1-2H3,(H2,24,29)(H,25,32)(H,26,31)(H,27,30)(H,33,34). The summed E-state index contributed by atoms with van der Waals surface area (Å²) in [7, 11) is 0. The maximum atomic E-state index is 13.0. The van der Waals surface area contributed by atoms with Gasteiger partial charge in [-0.2, -0.15) is 12.6 Å². The van der Waals surface area contributed by atoms with Gasteiger partial charge in [-0.3, -0.25) is 19.2 Å². The molecule has 0 aliphatic carbocycles. The van der Waals surface area contributed by atoms with E-state index in [1.807, 2.05) is 0 Å². The number of benzene rings is 1. The molecule has 4 amide bonds. The van der Waals surface area contributed by atoms with Gasteiger partial charge in [0.25, 0.3) is 0 Å². The molecule has 0 saturated heterocycles. The molecular formula is C22H33N5O7S. The predicted molar refractivity (Wildman–Crippen MR) is 130 cm³/mol. The second-order valence-corrected chi connectivity index (χ2v) is 8.85. The first kappa shape index (κ1) is 29.7. The number of nitrogens with two attached hydrogens (primary N) is 2. The Kier molecular flexibility index (Phi) is 12.0. The molecule has 0 bridgehead atoms. The van der Waals surface area contributed by atoms with E-state index in [0.717, 1.165) is 0 Å². The van der Waals surface area contributed by atoms with Gasteiger partial charge in [0.15, 0.2) is 0 Å². The van der Waals surface area contributed by atoms with Crippen molar-refractivity contribution in [1.82, 2.24) is 16.0 Å². The zero-order valence-corrected chi connectivity index (χ0v) is 20.5. The van der Waals surface area contributed by atoms with Crippen LogP contribution in [-0.2, 0) is 30.4 Å². The van der Waals surface area contributed by atoms with E-state index in [2.05, 4.69) is 28.6 Å². The second-order valence-electron chi connectivity index (χ2n) is 8.48. The summed E-state index contributed by atoms with van der Waals surface area (Å²) in [4.78, 5) is 60.6. The zero-order chi connectivity index (χ0) is 26.7. The first-order valence-corrected chi connectivity index (χ1v) is 11.5. The number of thiol groups is 1. The Bertz CT molecular complexity index is 910. The van der Waals surface area contributed by atoms with Crippen molar-refractivity contribution in [3.05, 3.63) is 29.8 Å². The van der Waals surface area contributed by atoms with Crippen LogP contribution in [0.25, 0.3) is 0 Å². The van der Waals surface area contributed by atoms with Gasteiger partial charge in [-0.15, -0.1) is 0 Å². The lowest BCUT2D eigenvalue weighted by Crippen LogP contribution is -2.58. The van der Waals surface area contributed by atoms with Crippen molar-refractivity contribution in [3.8, 4) is 5.75 Å². The topological polar surface area (TPSA) is 214 Å². The van der Waals surface area contributed by atoms with Crippen LogP contribution in [0.4, 0.5) is 0 Å². The minimum Gasteiger partial charge on any atom is -0.508 e. The number of hydrogen-bond donors (Lipinski definition) is 8. The largest absolute Gasteiger partial charge is 0.508 e. The van der Waals surface area contributed by atoms with Crippen molar-refractivity contribution in [2.45, 2.75) is 57.3 Å². The van der Waals surface area contributed by atoms with Crippen molar-refractivity contribution >= 4 is 42.2 Å². The Labute approximate surface area is 208 Å². The number of carbonyl (C=O) groups is 5. The molecule has 4 unspecified atom stereocenters. The van der Waals surface area contributed by atoms with Crippen LogP contribution >= 0.6 is 12.6 Å². The molecular weight excluding hydrogens is 478 g/mol. The van der Waals surface area contributed by atoms with Crippen molar-refractivity contribution in [2.75, 3.05) is 5.75 Å². The number of aliphatic carboxylic acids is 1. The lowest BCUT2D eigenvalue weighted by molar-refractivity contribution is -0.142. The molecule has 12 nitrogen and oxygen atoms in total. The van der Waals surface area contributed by atoms with Crippen LogP contribution in [0.2, 0.25) is 0 Å². The molecule has 0 heterocycles. The molecule has 1 aromatic rings. The lowest BCUT2D eigenvalue weighted by atomic mass is 10.0. The van der Waals surface area contributed by atoms with Gasteiger partial charge >= 0.3 is 5.97 Å². The Morgan fingerprint density at radius 3 is 1.91 bits per heavy atom. The minimum absolute atomic E-state index is 0.00631. The molecule has 1 aromatic carbocycles. The van der Waals surface area contributed by atoms with Gasteiger partial charge in [0, 0.05) is 12.2 Å². The number of phenols is 1. The number of primary amides is 1. The summed E-state index contributed by atoms with van der Waals surface area (Å²) in [6, 6.07) is 1.05. The zero-order valence-electron chi connectivity index (χ0n) is 19.6. The van der Waals surface area contributed by atoms with Gasteiger partial charge in [-0.1, -0.05) is 26.0 Å². The monoisotopic (exact) mass is 511 g/mol. The number of hydrogen-bond acceptors (Lipinski definition) is 8. The lowest BCUT2D eigenvalue weighted by Gasteiger charge is -2.25. The molecule has 0 aliphatic heterocycles. The molecule has 0 aromatic heterocycles. The number of phenolic OH excluding ortho intramolecular Hbond substituents is 1. The normalized spacial score (nSPS) is 14.3. The van der Waals surface area contributed by atoms with Crippen molar-refractivity contribution in [2.24, 2.45) is 17.4 Å². The molecule has 4 atom stereocenters. The highest BCUT2D eigenvalue weighted by Crippen LogP contribution is 2.12. The summed E-state index contributed by atoms with van der Waals surface area (Å²) in [5.74, 6) is -4.49. The Balaban J connectivity index is 3.05. The van der Waals surface area contributed by atoms with Crippen LogP contribution in [0.1, 0.15) is 32.3 Å². The van der Waals surface area contributed by atoms with E-state index in [9.17, 15) is 34.2 Å². The molecule has 1 rings (SSSR count). The Hall–Kier alpha value is -3.32. The fourth-order valence-corrected chi connectivity index (χ4v) is 3.35. The van der Waals surface area contributed by atoms with E-state index in [-0.39, 0.29) is 30.3 Å². The van der Waals surface area contributed by atoms with Gasteiger partial charge in [-0.25, -0.2) is 4.79 Å². The first-order valence-electron chi connectivity index (χ1n) is 10.9. The molecule has 13 heteroatoms. The number of carbonyl (C=O) groups excluding carboxylic acids is 4. The average Bonchev–Trinajstić information content (AvgIpc) is 2.76. The highest BCUT2D eigenvalue weighted by molar-refractivity contribution is 7.80. The number of nitrogens with one attached hydrogen (secondary N) is 3. The van der Waals surface area contributed by atoms with Crippen LogP contribution in [0.15, 0.2) is 24.3 Å². The molecule has 0 fully saturated rings. The van der Waals surface area contributed by atoms with E-state index in [1.165, 1.54) is 12.1 Å². The van der Waals surface area contributed by atoms with Crippen LogP contribution in [-0.4, -0.2) is 69.7 Å². The Morgan fingerprint density at radius 2 is 1.43 bits per heavy atom. The third-order valence-corrected chi connectivity index (χ3v) is 5.27. The van der Waals surface area contributed by atoms with Crippen molar-refractivity contribution in [3.63, 3.8) is 0 Å². The van der Waals surface area contributed by atoms with Gasteiger partial charge in [-0.05, 0) is 30.0 Å². The number of rotatable bonds is 14. The molecule has 9 N–H and O–H groups in total. The van der Waals surface area contributed by atoms with Crippen LogP contribution in [0.3, 0.4) is 0 Å². The third kappa shape index (κ3) is 10.6. The summed E-state index contributed by atoms with van der Waals surface area (Å²) in [5, 5.41) is 26.3. The third-order valence-electron chi connectivity index (χ3n) is 4.90. The van der Waals surface area contributed by atoms with Crippen molar-refractivity contribution in [1.29, 1.82) is 0 Å². The van der Waals surface area contributed by atoms with Crippen LogP contribution < -0.4 is 27.4 Å². The molecule has 0 radical (unpaired) electrons. The smallest absolute Gasteiger partial charge is 0.326 e. The summed E-state index contributed by atoms with van der Waals surface area (Å²) in [6.07, 6.45) is -0.278. The van der Waals surface area contributed by atoms with E-state index < -0.39 is 60.2 Å². The fourth-order valence-electron chi connectivity index (χ4n) is 3.10. The summed E-state index contributed by atoms with van der Waals surface area (Å²) < 4.78 is 0. The summed E-state index contributed by atoms with van der Waals surface area (Å²) in [6.45, 7) is 3.61. The van der Waals surface area contributed by atoms with Crippen molar-refractivity contribution < 1.29 is 34.2 Å². The summed E-state index contributed by atoms with van der Waals surface area (Å²) in [5.41, 5.74) is 11.2. The predicted octanol–water partition coefficient (Wildman–Crippen LogP) is -1.35. The highest BCUT2D eigenvalue weighted by atomic mass is 32.1. The van der Waals surface area contributed by atoms with E-state index in [0.29, 0.717) is 5.56 Å². The molecule has 35 heavy (non-hydrogen) atoms. The van der Waals surface area contributed by atoms with E-state index in [4.69, 9.17) is 11.5 Å². The van der Waals surface area contributed by atoms with E-state index in [1.54, 1.807) is 26.0 Å². The van der Waals surface area contributed by atoms with Gasteiger partial charge in [0.05, 0.1) is 12.5 Å². The van der Waals surface area contributed by atoms with E-state index >= 15 is 0 Å². The molecule has 0 spiro atoms. The van der Waals surface area contributed by atoms with Gasteiger partial charge in [0.1, 0.15) is 23.9 Å². The van der Waals surface area contributed by atoms with Gasteiger partial charge in [0.2, 0.25) is 23.6 Å². The van der Waals surface area contributed by atoms with Crippen LogP contribution in [0.5, 0.6) is 5.75 Å². The van der Waals surface area contributed by atoms with Gasteiger partial charge < -0.3 is 37.6 Å². The molecule has 194 valence electrons. The second kappa shape index (κ2) is 14.2. The average molecular weight is 512 g/mol. The number of amides is 4. The SMILES string of the molecule is CC(C)CC(NC(=O)C(Cc1ccc(O)cc1)NC(=O)C(CS)NC(=O)C(N)CC(N)=O)C(=O)O. The quantitative estimate of drug-likeness (QED) is 0.139. The molecule has 0 aliphatic rings. The summed E-state index contributed by atoms with van der Waals surface area (Å²) >= 11 is 4.06. The minimum atomic E-state index is -1.27. The maximum absolute atomic E-state index is 13.0. The molecule has 0 saturated carbocycles. The fraction of sp³-hybridized carbons (Fsp3) is 0.500. The highest BCUT2D eigenvalue weighted by Gasteiger charge is 2.30. The Morgan fingerprint density at radius 1 is 0.914 bits per heavy atom. The number of carboxylic acids is 1.